The molecule has 0 unspecified atom stereocenters. The maximum absolute atomic E-state index is 14.2. The molecule has 22 N–H and O–H groups in total. The van der Waals surface area contributed by atoms with Gasteiger partial charge in [0.05, 0.1) is 6.10 Å². The number of aryl methyl sites for hydroxylation is 1. The number of aliphatic hydroxyl groups excluding tert-OH is 1. The van der Waals surface area contributed by atoms with Crippen molar-refractivity contribution >= 4 is 71.0 Å². The molecule has 0 bridgehead atoms. The summed E-state index contributed by atoms with van der Waals surface area (Å²) >= 11 is 0. The highest BCUT2D eigenvalue weighted by Crippen LogP contribution is 2.13. The average Bonchev–Trinajstić information content (AvgIpc) is 3.29. The first-order chi connectivity index (χ1) is 34.5. The smallest absolute Gasteiger partial charge is 0.245 e. The standard InChI is InChI=1S/C47H80N16O11/c1-23(2)20-33(61-39(68)26(6)21-35(49)66)43(72)62-36(24(3)4)44(73)63-37(27(7)64)45(74)59-30(11-9-19-56-47(53)54)40(69)58-31(16-17-34(48)65)42(71)57-29(10-8-18-55-46(51)52)41(70)60-32(38(50)67)22-28-14-12-25(5)13-15-28/h12-15,23-24,26-27,29-33,36-37,64H,8-11,16-22H2,1-7H3,(H2,48,65)(H2,49,66)(H2,50,67)(H,57,71)(H,58,69)(H,59,74)(H,60,70)(H,61,68)(H,62,72)(H,63,73)(H4,51,52,55)(H4,53,54,56)/t26-,27+,29-,30-,31-,32-,33-,36-,37-/m0/s1. The van der Waals surface area contributed by atoms with Crippen LogP contribution in [0.1, 0.15) is 104 Å². The van der Waals surface area contributed by atoms with E-state index in [1.54, 1.807) is 39.8 Å². The molecule has 414 valence electrons. The number of hydrogen-bond acceptors (Lipinski definition) is 13. The van der Waals surface area contributed by atoms with Crippen molar-refractivity contribution in [1.82, 2.24) is 37.2 Å². The molecule has 0 aromatic heterocycles. The van der Waals surface area contributed by atoms with E-state index in [4.69, 9.17) is 40.1 Å². The molecule has 0 aliphatic rings. The molecule has 1 rings (SSSR count). The van der Waals surface area contributed by atoms with E-state index in [0.29, 0.717) is 5.56 Å². The minimum atomic E-state index is -1.75. The predicted octanol–water partition coefficient (Wildman–Crippen LogP) is -4.62. The second-order valence-corrected chi connectivity index (χ2v) is 19.0. The summed E-state index contributed by atoms with van der Waals surface area (Å²) in [5.41, 5.74) is 39.9. The Morgan fingerprint density at radius 1 is 0.514 bits per heavy atom. The van der Waals surface area contributed by atoms with Crippen LogP contribution in [0.25, 0.3) is 0 Å². The zero-order chi connectivity index (χ0) is 56.4. The van der Waals surface area contributed by atoms with E-state index < -0.39 is 132 Å². The zero-order valence-electron chi connectivity index (χ0n) is 43.4. The van der Waals surface area contributed by atoms with Crippen LogP contribution in [-0.2, 0) is 54.4 Å². The van der Waals surface area contributed by atoms with Crippen LogP contribution in [0.4, 0.5) is 0 Å². The fourth-order valence-electron chi connectivity index (χ4n) is 7.21. The van der Waals surface area contributed by atoms with E-state index in [-0.39, 0.29) is 75.9 Å². The highest BCUT2D eigenvalue weighted by molar-refractivity contribution is 5.98. The number of aliphatic imine (C=N–C) groups is 2. The van der Waals surface area contributed by atoms with E-state index in [2.05, 4.69) is 47.2 Å². The van der Waals surface area contributed by atoms with Crippen molar-refractivity contribution < 1.29 is 53.1 Å². The quantitative estimate of drug-likeness (QED) is 0.0175. The van der Waals surface area contributed by atoms with Gasteiger partial charge in [-0.3, -0.25) is 57.9 Å². The van der Waals surface area contributed by atoms with Crippen LogP contribution in [0.2, 0.25) is 0 Å². The van der Waals surface area contributed by atoms with Gasteiger partial charge in [-0.05, 0) is 69.8 Å². The third-order valence-corrected chi connectivity index (χ3v) is 11.3. The van der Waals surface area contributed by atoms with Gasteiger partial charge in [0.25, 0.3) is 0 Å². The molecular weight excluding hydrogens is 965 g/mol. The van der Waals surface area contributed by atoms with Crippen molar-refractivity contribution in [3.8, 4) is 0 Å². The Kier molecular flexibility index (Phi) is 28.3. The first-order valence-electron chi connectivity index (χ1n) is 24.4. The lowest BCUT2D eigenvalue weighted by atomic mass is 9.98. The normalized spacial score (nSPS) is 14.7. The van der Waals surface area contributed by atoms with Crippen LogP contribution in [0, 0.1) is 24.7 Å². The molecule has 27 heteroatoms. The molecule has 0 saturated carbocycles. The van der Waals surface area contributed by atoms with E-state index in [1.807, 2.05) is 19.1 Å². The number of rotatable bonds is 34. The van der Waals surface area contributed by atoms with Gasteiger partial charge in [-0.1, -0.05) is 64.4 Å². The van der Waals surface area contributed by atoms with Gasteiger partial charge in [-0.15, -0.1) is 0 Å². The number of hydrogen-bond donors (Lipinski definition) is 15. The Hall–Kier alpha value is -7.58. The number of amides is 10. The minimum absolute atomic E-state index is 0.0130. The molecule has 1 aromatic rings. The van der Waals surface area contributed by atoms with Crippen LogP contribution >= 0.6 is 0 Å². The molecular formula is C47H80N16O11. The number of aliphatic hydroxyl groups is 1. The van der Waals surface area contributed by atoms with Crippen LogP contribution < -0.4 is 77.4 Å². The van der Waals surface area contributed by atoms with E-state index in [1.165, 1.54) is 13.8 Å². The topological polar surface area (TPSA) is 482 Å². The van der Waals surface area contributed by atoms with Crippen molar-refractivity contribution in [2.75, 3.05) is 13.1 Å². The summed E-state index contributed by atoms with van der Waals surface area (Å²) in [5, 5.41) is 28.6. The zero-order valence-corrected chi connectivity index (χ0v) is 43.4. The van der Waals surface area contributed by atoms with Gasteiger partial charge in [0.1, 0.15) is 42.3 Å². The highest BCUT2D eigenvalue weighted by Gasteiger charge is 2.36. The van der Waals surface area contributed by atoms with Gasteiger partial charge in [0.2, 0.25) is 59.1 Å². The van der Waals surface area contributed by atoms with Crippen LogP contribution in [-0.4, -0.2) is 138 Å². The Bertz CT molecular complexity index is 2140. The summed E-state index contributed by atoms with van der Waals surface area (Å²) in [6, 6.07) is -2.80. The predicted molar refractivity (Wildman–Crippen MR) is 275 cm³/mol. The molecule has 0 radical (unpaired) electrons. The number of nitrogens with one attached hydrogen (secondary N) is 7. The lowest BCUT2D eigenvalue weighted by molar-refractivity contribution is -0.138. The Balaban J connectivity index is 3.54. The molecule has 0 aliphatic carbocycles. The van der Waals surface area contributed by atoms with Crippen molar-refractivity contribution in [2.45, 2.75) is 155 Å². The Morgan fingerprint density at radius 2 is 0.932 bits per heavy atom. The lowest BCUT2D eigenvalue weighted by Crippen LogP contribution is -2.62. The summed E-state index contributed by atoms with van der Waals surface area (Å²) in [7, 11) is 0. The van der Waals surface area contributed by atoms with Crippen molar-refractivity contribution in [1.29, 1.82) is 0 Å². The Morgan fingerprint density at radius 3 is 1.35 bits per heavy atom. The van der Waals surface area contributed by atoms with Gasteiger partial charge in [-0.25, -0.2) is 0 Å². The summed E-state index contributed by atoms with van der Waals surface area (Å²) < 4.78 is 0. The second-order valence-electron chi connectivity index (χ2n) is 19.0. The molecule has 74 heavy (non-hydrogen) atoms. The maximum Gasteiger partial charge on any atom is 0.245 e. The molecule has 10 amide bonds. The number of nitrogens with two attached hydrogens (primary N) is 7. The number of nitrogens with zero attached hydrogens (tertiary/aromatic N) is 2. The van der Waals surface area contributed by atoms with E-state index >= 15 is 0 Å². The third-order valence-electron chi connectivity index (χ3n) is 11.3. The van der Waals surface area contributed by atoms with Gasteiger partial charge in [-0.2, -0.15) is 0 Å². The summed E-state index contributed by atoms with van der Waals surface area (Å²) in [6.07, 6.45) is -2.66. The minimum Gasteiger partial charge on any atom is -0.391 e. The number of benzene rings is 1. The van der Waals surface area contributed by atoms with Crippen LogP contribution in [0.15, 0.2) is 34.3 Å². The first kappa shape index (κ1) is 64.4. The summed E-state index contributed by atoms with van der Waals surface area (Å²) in [4.78, 5) is 140. The van der Waals surface area contributed by atoms with Crippen LogP contribution in [0.3, 0.4) is 0 Å². The van der Waals surface area contributed by atoms with E-state index in [0.717, 1.165) is 5.56 Å². The molecule has 0 aliphatic heterocycles. The van der Waals surface area contributed by atoms with Crippen molar-refractivity contribution in [2.24, 2.45) is 67.9 Å². The van der Waals surface area contributed by atoms with Gasteiger partial charge in [0.15, 0.2) is 11.9 Å². The maximum atomic E-state index is 14.2. The van der Waals surface area contributed by atoms with Gasteiger partial charge in [0, 0.05) is 38.3 Å². The third kappa shape index (κ3) is 25.2. The number of guanidine groups is 2. The van der Waals surface area contributed by atoms with E-state index in [9.17, 15) is 53.1 Å². The molecule has 27 nitrogen and oxygen atoms in total. The average molecular weight is 1050 g/mol. The van der Waals surface area contributed by atoms with Gasteiger partial charge >= 0.3 is 0 Å². The largest absolute Gasteiger partial charge is 0.391 e. The Labute approximate surface area is 431 Å². The summed E-state index contributed by atoms with van der Waals surface area (Å²) in [5.74, 6) is -10.7. The van der Waals surface area contributed by atoms with Gasteiger partial charge < -0.3 is 82.5 Å². The fraction of sp³-hybridized carbons (Fsp3) is 0.617. The highest BCUT2D eigenvalue weighted by atomic mass is 16.3. The van der Waals surface area contributed by atoms with Crippen LogP contribution in [0.5, 0.6) is 0 Å². The number of primary amides is 3. The second kappa shape index (κ2) is 32.5. The monoisotopic (exact) mass is 1040 g/mol. The van der Waals surface area contributed by atoms with Crippen molar-refractivity contribution in [3.63, 3.8) is 0 Å². The SMILES string of the molecule is Cc1ccc(C[C@H](NC(=O)[C@H](CCCN=C(N)N)NC(=O)[C@H](CCC(N)=O)NC(=O)[C@H](CCCN=C(N)N)NC(=O)[C@@H](NC(=O)[C@@H](NC(=O)[C@H](CC(C)C)NC(=O)[C@@H](C)CC(N)=O)C(C)C)[C@@H](C)O)C(N)=O)cc1. The molecule has 9 atom stereocenters. The lowest BCUT2D eigenvalue weighted by Gasteiger charge is -2.30. The molecule has 0 heterocycles. The fourth-order valence-corrected chi connectivity index (χ4v) is 7.21. The summed E-state index contributed by atoms with van der Waals surface area (Å²) in [6.45, 7) is 11.3. The molecule has 1 aromatic carbocycles. The van der Waals surface area contributed by atoms with Crippen molar-refractivity contribution in [3.05, 3.63) is 35.4 Å². The molecule has 0 saturated heterocycles. The molecule has 0 fully saturated rings. The number of carbonyl (C=O) groups is 10. The first-order valence-corrected chi connectivity index (χ1v) is 24.4. The molecule has 0 spiro atoms. The number of carbonyl (C=O) groups excluding carboxylic acids is 10.